The Morgan fingerprint density at radius 3 is 3.00 bits per heavy atom. The van der Waals surface area contributed by atoms with E-state index in [0.717, 1.165) is 18.4 Å². The first-order valence-corrected chi connectivity index (χ1v) is 4.46. The Labute approximate surface area is 76.5 Å². The van der Waals surface area contributed by atoms with Gasteiger partial charge in [-0.05, 0) is 18.6 Å². The summed E-state index contributed by atoms with van der Waals surface area (Å²) in [5, 5.41) is 0. The summed E-state index contributed by atoms with van der Waals surface area (Å²) in [5.41, 5.74) is 7.17. The van der Waals surface area contributed by atoms with Crippen LogP contribution in [0.3, 0.4) is 0 Å². The van der Waals surface area contributed by atoms with Crippen molar-refractivity contribution in [1.29, 1.82) is 0 Å². The van der Waals surface area contributed by atoms with Crippen molar-refractivity contribution in [1.82, 2.24) is 0 Å². The maximum Gasteiger partial charge on any atom is 0.165 e. The van der Waals surface area contributed by atoms with E-state index in [1.807, 2.05) is 6.92 Å². The second-order valence-corrected chi connectivity index (χ2v) is 3.30. The first kappa shape index (κ1) is 8.35. The van der Waals surface area contributed by atoms with Crippen molar-refractivity contribution in [3.05, 3.63) is 23.5 Å². The summed E-state index contributed by atoms with van der Waals surface area (Å²) in [5.74, 6) is 0.0481. The van der Waals surface area contributed by atoms with Gasteiger partial charge in [0.25, 0.3) is 0 Å². The zero-order valence-electron chi connectivity index (χ0n) is 7.51. The highest BCUT2D eigenvalue weighted by Crippen LogP contribution is 2.36. The highest BCUT2D eigenvalue weighted by atomic mass is 19.1. The van der Waals surface area contributed by atoms with Crippen LogP contribution in [0.15, 0.2) is 12.1 Å². The molecule has 1 aromatic rings. The molecule has 2 N–H and O–H groups in total. The van der Waals surface area contributed by atoms with E-state index in [4.69, 9.17) is 10.5 Å². The molecule has 2 rings (SSSR count). The Balaban J connectivity index is 2.43. The van der Waals surface area contributed by atoms with Crippen LogP contribution < -0.4 is 10.5 Å². The van der Waals surface area contributed by atoms with Crippen LogP contribution >= 0.6 is 0 Å². The van der Waals surface area contributed by atoms with Gasteiger partial charge in [0, 0.05) is 17.7 Å². The van der Waals surface area contributed by atoms with Gasteiger partial charge in [-0.2, -0.15) is 0 Å². The Morgan fingerprint density at radius 2 is 2.38 bits per heavy atom. The van der Waals surface area contributed by atoms with E-state index in [1.165, 1.54) is 6.07 Å². The highest BCUT2D eigenvalue weighted by Gasteiger charge is 2.26. The normalized spacial score (nSPS) is 19.7. The molecule has 70 valence electrons. The van der Waals surface area contributed by atoms with E-state index in [2.05, 4.69) is 0 Å². The van der Waals surface area contributed by atoms with Gasteiger partial charge in [-0.25, -0.2) is 4.39 Å². The second-order valence-electron chi connectivity index (χ2n) is 3.30. The summed E-state index contributed by atoms with van der Waals surface area (Å²) in [6, 6.07) is 2.95. The lowest BCUT2D eigenvalue weighted by Gasteiger charge is -2.06. The van der Waals surface area contributed by atoms with E-state index in [-0.39, 0.29) is 11.9 Å². The third kappa shape index (κ3) is 1.24. The van der Waals surface area contributed by atoms with Crippen molar-refractivity contribution < 1.29 is 9.13 Å². The molecular formula is C10H12FNO. The molecule has 1 aliphatic heterocycles. The first-order valence-electron chi connectivity index (χ1n) is 4.46. The van der Waals surface area contributed by atoms with E-state index >= 15 is 0 Å². The molecule has 0 aliphatic carbocycles. The van der Waals surface area contributed by atoms with E-state index in [9.17, 15) is 4.39 Å². The van der Waals surface area contributed by atoms with Gasteiger partial charge in [-0.3, -0.25) is 0 Å². The lowest BCUT2D eigenvalue weighted by molar-refractivity contribution is 0.220. The zero-order chi connectivity index (χ0) is 9.42. The number of hydrogen-bond donors (Lipinski definition) is 1. The minimum absolute atomic E-state index is 0.0919. The molecule has 0 aromatic heterocycles. The minimum Gasteiger partial charge on any atom is -0.487 e. The summed E-state index contributed by atoms with van der Waals surface area (Å²) >= 11 is 0. The van der Waals surface area contributed by atoms with Gasteiger partial charge < -0.3 is 10.5 Å². The van der Waals surface area contributed by atoms with Crippen molar-refractivity contribution in [3.63, 3.8) is 0 Å². The van der Waals surface area contributed by atoms with Crippen LogP contribution in [0.4, 0.5) is 10.1 Å². The maximum absolute atomic E-state index is 13.2. The third-order valence-electron chi connectivity index (χ3n) is 2.42. The minimum atomic E-state index is -0.305. The van der Waals surface area contributed by atoms with Crippen LogP contribution in [-0.4, -0.2) is 6.10 Å². The standard InChI is InChI=1S/C10H12FNO/c1-2-6-5-7-9(12)4-3-8(11)10(7)13-6/h3-4,6H,2,5,12H2,1H3. The lowest BCUT2D eigenvalue weighted by Crippen LogP contribution is -2.10. The fourth-order valence-corrected chi connectivity index (χ4v) is 1.62. The lowest BCUT2D eigenvalue weighted by atomic mass is 10.1. The molecule has 0 saturated heterocycles. The molecule has 1 aliphatic rings. The van der Waals surface area contributed by atoms with Gasteiger partial charge in [-0.15, -0.1) is 0 Å². The van der Waals surface area contributed by atoms with Crippen LogP contribution in [0.25, 0.3) is 0 Å². The van der Waals surface area contributed by atoms with Crippen molar-refractivity contribution >= 4 is 5.69 Å². The van der Waals surface area contributed by atoms with Gasteiger partial charge >= 0.3 is 0 Å². The van der Waals surface area contributed by atoms with Crippen LogP contribution in [0.1, 0.15) is 18.9 Å². The average molecular weight is 181 g/mol. The topological polar surface area (TPSA) is 35.2 Å². The largest absolute Gasteiger partial charge is 0.487 e. The molecule has 0 amide bonds. The molecular weight excluding hydrogens is 169 g/mol. The summed E-state index contributed by atoms with van der Waals surface area (Å²) in [6.07, 6.45) is 1.71. The molecule has 0 bridgehead atoms. The summed E-state index contributed by atoms with van der Waals surface area (Å²) in [7, 11) is 0. The Hall–Kier alpha value is -1.25. The molecule has 1 aromatic carbocycles. The third-order valence-corrected chi connectivity index (χ3v) is 2.42. The van der Waals surface area contributed by atoms with Gasteiger partial charge in [0.05, 0.1) is 0 Å². The predicted molar refractivity (Wildman–Crippen MR) is 49.2 cm³/mol. The quantitative estimate of drug-likeness (QED) is 0.673. The Morgan fingerprint density at radius 1 is 1.62 bits per heavy atom. The van der Waals surface area contributed by atoms with E-state index in [0.29, 0.717) is 11.4 Å². The molecule has 1 unspecified atom stereocenters. The average Bonchev–Trinajstić information content (AvgIpc) is 2.56. The number of halogens is 1. The van der Waals surface area contributed by atoms with Crippen molar-refractivity contribution in [2.45, 2.75) is 25.9 Å². The van der Waals surface area contributed by atoms with Gasteiger partial charge in [-0.1, -0.05) is 6.92 Å². The SMILES string of the molecule is CCC1Cc2c(N)ccc(F)c2O1. The fourth-order valence-electron chi connectivity index (χ4n) is 1.62. The maximum atomic E-state index is 13.2. The van der Waals surface area contributed by atoms with Crippen molar-refractivity contribution in [3.8, 4) is 5.75 Å². The van der Waals surface area contributed by atoms with Crippen LogP contribution in [0.5, 0.6) is 5.75 Å². The van der Waals surface area contributed by atoms with E-state index in [1.54, 1.807) is 6.07 Å². The number of rotatable bonds is 1. The predicted octanol–water partition coefficient (Wildman–Crippen LogP) is 2.12. The van der Waals surface area contributed by atoms with Crippen LogP contribution in [-0.2, 0) is 6.42 Å². The van der Waals surface area contributed by atoms with Gasteiger partial charge in [0.1, 0.15) is 6.10 Å². The molecule has 13 heavy (non-hydrogen) atoms. The van der Waals surface area contributed by atoms with Crippen molar-refractivity contribution in [2.24, 2.45) is 0 Å². The summed E-state index contributed by atoms with van der Waals surface area (Å²) in [4.78, 5) is 0. The molecule has 0 saturated carbocycles. The number of nitrogens with two attached hydrogens (primary N) is 1. The second kappa shape index (κ2) is 2.91. The molecule has 0 radical (unpaired) electrons. The van der Waals surface area contributed by atoms with Crippen LogP contribution in [0, 0.1) is 5.82 Å². The molecule has 2 nitrogen and oxygen atoms in total. The van der Waals surface area contributed by atoms with Crippen LogP contribution in [0.2, 0.25) is 0 Å². The van der Waals surface area contributed by atoms with Gasteiger partial charge in [0.2, 0.25) is 0 Å². The monoisotopic (exact) mass is 181 g/mol. The Kier molecular flexibility index (Phi) is 1.87. The molecule has 1 atom stereocenters. The number of ether oxygens (including phenoxy) is 1. The molecule has 0 spiro atoms. The zero-order valence-corrected chi connectivity index (χ0v) is 7.51. The first-order chi connectivity index (χ1) is 6.22. The number of fused-ring (bicyclic) bond motifs is 1. The number of hydrogen-bond acceptors (Lipinski definition) is 2. The highest BCUT2D eigenvalue weighted by molar-refractivity contribution is 5.56. The van der Waals surface area contributed by atoms with Gasteiger partial charge in [0.15, 0.2) is 11.6 Å². The smallest absolute Gasteiger partial charge is 0.165 e. The number of nitrogen functional groups attached to an aromatic ring is 1. The number of anilines is 1. The number of benzene rings is 1. The Bertz CT molecular complexity index is 307. The summed E-state index contributed by atoms with van der Waals surface area (Å²) < 4.78 is 18.6. The fraction of sp³-hybridized carbons (Fsp3) is 0.400. The van der Waals surface area contributed by atoms with E-state index < -0.39 is 0 Å². The molecule has 3 heteroatoms. The molecule has 1 heterocycles. The van der Waals surface area contributed by atoms with Crippen molar-refractivity contribution in [2.75, 3.05) is 5.73 Å². The summed E-state index contributed by atoms with van der Waals surface area (Å²) in [6.45, 7) is 2.02. The molecule has 0 fully saturated rings.